The Morgan fingerprint density at radius 2 is 2.13 bits per heavy atom. The molecule has 1 nitrogen and oxygen atoms in total. The highest BCUT2D eigenvalue weighted by Crippen LogP contribution is 2.38. The molecular formula is C14H24O. The lowest BCUT2D eigenvalue weighted by molar-refractivity contribution is -0.108. The van der Waals surface area contributed by atoms with E-state index in [0.29, 0.717) is 11.3 Å². The van der Waals surface area contributed by atoms with E-state index in [-0.39, 0.29) is 0 Å². The van der Waals surface area contributed by atoms with Crippen LogP contribution in [0.15, 0.2) is 11.6 Å². The summed E-state index contributed by atoms with van der Waals surface area (Å²) in [6.45, 7) is 9.16. The molecule has 0 aromatic heterocycles. The third-order valence-corrected chi connectivity index (χ3v) is 3.61. The van der Waals surface area contributed by atoms with Crippen molar-refractivity contribution in [3.05, 3.63) is 11.6 Å². The molecule has 1 aliphatic carbocycles. The molecular weight excluding hydrogens is 184 g/mol. The average Bonchev–Trinajstić information content (AvgIpc) is 2.14. The Balaban J connectivity index is 2.61. The summed E-state index contributed by atoms with van der Waals surface area (Å²) in [5, 5.41) is 0. The molecule has 0 fully saturated rings. The van der Waals surface area contributed by atoms with Gasteiger partial charge in [-0.15, -0.1) is 0 Å². The maximum atomic E-state index is 10.4. The second-order valence-corrected chi connectivity index (χ2v) is 5.84. The van der Waals surface area contributed by atoms with E-state index in [9.17, 15) is 4.79 Å². The molecule has 0 aromatic rings. The third kappa shape index (κ3) is 3.48. The first-order valence-corrected chi connectivity index (χ1v) is 6.10. The highest BCUT2D eigenvalue weighted by molar-refractivity contribution is 5.49. The van der Waals surface area contributed by atoms with Crippen LogP contribution in [-0.2, 0) is 4.79 Å². The molecule has 86 valence electrons. The highest BCUT2D eigenvalue weighted by atomic mass is 16.1. The molecule has 0 bridgehead atoms. The lowest BCUT2D eigenvalue weighted by Gasteiger charge is -2.33. The lowest BCUT2D eigenvalue weighted by atomic mass is 9.72. The van der Waals surface area contributed by atoms with Crippen molar-refractivity contribution in [3.63, 3.8) is 0 Å². The van der Waals surface area contributed by atoms with Crippen LogP contribution in [0.2, 0.25) is 0 Å². The van der Waals surface area contributed by atoms with Gasteiger partial charge in [0.15, 0.2) is 0 Å². The highest BCUT2D eigenvalue weighted by Gasteiger charge is 2.26. The number of aldehydes is 1. The van der Waals surface area contributed by atoms with Gasteiger partial charge in [0, 0.05) is 6.42 Å². The fourth-order valence-electron chi connectivity index (χ4n) is 2.45. The van der Waals surface area contributed by atoms with Gasteiger partial charge in [-0.3, -0.25) is 0 Å². The second-order valence-electron chi connectivity index (χ2n) is 5.84. The van der Waals surface area contributed by atoms with Crippen LogP contribution in [0.5, 0.6) is 0 Å². The number of carbonyl (C=O) groups is 1. The van der Waals surface area contributed by atoms with Gasteiger partial charge in [0.25, 0.3) is 0 Å². The molecule has 15 heavy (non-hydrogen) atoms. The van der Waals surface area contributed by atoms with Crippen LogP contribution in [0.4, 0.5) is 0 Å². The van der Waals surface area contributed by atoms with Crippen LogP contribution >= 0.6 is 0 Å². The number of allylic oxidation sites excluding steroid dienone is 2. The van der Waals surface area contributed by atoms with E-state index in [0.717, 1.165) is 25.0 Å². The maximum Gasteiger partial charge on any atom is 0.120 e. The van der Waals surface area contributed by atoms with Crippen LogP contribution in [0, 0.1) is 17.3 Å². The summed E-state index contributed by atoms with van der Waals surface area (Å²) in [6.07, 6.45) is 7.77. The molecule has 0 amide bonds. The smallest absolute Gasteiger partial charge is 0.120 e. The molecule has 0 heterocycles. The first kappa shape index (κ1) is 12.5. The quantitative estimate of drug-likeness (QED) is 0.506. The normalized spacial score (nSPS) is 27.3. The van der Waals surface area contributed by atoms with Gasteiger partial charge >= 0.3 is 0 Å². The molecule has 1 rings (SSSR count). The van der Waals surface area contributed by atoms with Crippen molar-refractivity contribution >= 4 is 6.29 Å². The Kier molecular flexibility index (Phi) is 4.12. The molecule has 0 aromatic carbocycles. The Bertz CT molecular complexity index is 245. The van der Waals surface area contributed by atoms with Gasteiger partial charge in [0.05, 0.1) is 0 Å². The Hall–Kier alpha value is -0.590. The molecule has 2 unspecified atom stereocenters. The standard InChI is InChI=1S/C14H24O/c1-11-10-13(14(2,3)4)8-7-12(11)6-5-9-15/h9-12H,5-8H2,1-4H3. The zero-order chi connectivity index (χ0) is 11.5. The van der Waals surface area contributed by atoms with E-state index in [4.69, 9.17) is 0 Å². The number of rotatable bonds is 3. The van der Waals surface area contributed by atoms with Crippen molar-refractivity contribution in [2.24, 2.45) is 17.3 Å². The topological polar surface area (TPSA) is 17.1 Å². The SMILES string of the molecule is CC1C=C(C(C)(C)C)CCC1CCC=O. The summed E-state index contributed by atoms with van der Waals surface area (Å²) < 4.78 is 0. The Morgan fingerprint density at radius 3 is 2.60 bits per heavy atom. The molecule has 1 aliphatic rings. The average molecular weight is 208 g/mol. The number of carbonyl (C=O) groups excluding carboxylic acids is 1. The lowest BCUT2D eigenvalue weighted by Crippen LogP contribution is -2.21. The van der Waals surface area contributed by atoms with E-state index in [1.54, 1.807) is 5.57 Å². The van der Waals surface area contributed by atoms with Crippen LogP contribution in [-0.4, -0.2) is 6.29 Å². The van der Waals surface area contributed by atoms with Crippen molar-refractivity contribution in [1.82, 2.24) is 0 Å². The summed E-state index contributed by atoms with van der Waals surface area (Å²) in [6, 6.07) is 0. The summed E-state index contributed by atoms with van der Waals surface area (Å²) in [5.41, 5.74) is 1.92. The minimum atomic E-state index is 0.323. The predicted molar refractivity (Wildman–Crippen MR) is 64.7 cm³/mol. The van der Waals surface area contributed by atoms with Crippen molar-refractivity contribution < 1.29 is 4.79 Å². The van der Waals surface area contributed by atoms with E-state index < -0.39 is 0 Å². The van der Waals surface area contributed by atoms with Crippen LogP contribution < -0.4 is 0 Å². The zero-order valence-electron chi connectivity index (χ0n) is 10.5. The minimum Gasteiger partial charge on any atom is -0.303 e. The molecule has 0 radical (unpaired) electrons. The Morgan fingerprint density at radius 1 is 1.47 bits per heavy atom. The van der Waals surface area contributed by atoms with Crippen LogP contribution in [0.1, 0.15) is 53.4 Å². The summed E-state index contributed by atoms with van der Waals surface area (Å²) in [4.78, 5) is 10.4. The van der Waals surface area contributed by atoms with Gasteiger partial charge in [-0.2, -0.15) is 0 Å². The second kappa shape index (κ2) is 4.96. The molecule has 0 spiro atoms. The van der Waals surface area contributed by atoms with Crippen molar-refractivity contribution in [2.75, 3.05) is 0 Å². The van der Waals surface area contributed by atoms with Crippen LogP contribution in [0.3, 0.4) is 0 Å². The van der Waals surface area contributed by atoms with Crippen molar-refractivity contribution in [2.45, 2.75) is 53.4 Å². The van der Waals surface area contributed by atoms with Gasteiger partial charge in [-0.25, -0.2) is 0 Å². The fourth-order valence-corrected chi connectivity index (χ4v) is 2.45. The maximum absolute atomic E-state index is 10.4. The van der Waals surface area contributed by atoms with Crippen molar-refractivity contribution in [3.8, 4) is 0 Å². The van der Waals surface area contributed by atoms with Gasteiger partial charge < -0.3 is 4.79 Å². The monoisotopic (exact) mass is 208 g/mol. The van der Waals surface area contributed by atoms with Gasteiger partial charge in [0.1, 0.15) is 6.29 Å². The first-order chi connectivity index (χ1) is 6.95. The molecule has 0 saturated carbocycles. The van der Waals surface area contributed by atoms with Crippen LogP contribution in [0.25, 0.3) is 0 Å². The molecule has 0 saturated heterocycles. The summed E-state index contributed by atoms with van der Waals surface area (Å²) in [5.74, 6) is 1.37. The summed E-state index contributed by atoms with van der Waals surface area (Å²) in [7, 11) is 0. The number of hydrogen-bond acceptors (Lipinski definition) is 1. The van der Waals surface area contributed by atoms with E-state index in [1.165, 1.54) is 12.8 Å². The van der Waals surface area contributed by atoms with E-state index in [2.05, 4.69) is 33.8 Å². The zero-order valence-corrected chi connectivity index (χ0v) is 10.5. The molecule has 2 atom stereocenters. The largest absolute Gasteiger partial charge is 0.303 e. The fraction of sp³-hybridized carbons (Fsp3) is 0.786. The van der Waals surface area contributed by atoms with E-state index in [1.807, 2.05) is 0 Å². The molecule has 0 aliphatic heterocycles. The molecule has 1 heteroatoms. The molecule has 0 N–H and O–H groups in total. The third-order valence-electron chi connectivity index (χ3n) is 3.61. The predicted octanol–water partition coefficient (Wildman–Crippen LogP) is 3.98. The van der Waals surface area contributed by atoms with Gasteiger partial charge in [-0.05, 0) is 36.5 Å². The van der Waals surface area contributed by atoms with Gasteiger partial charge in [0.2, 0.25) is 0 Å². The van der Waals surface area contributed by atoms with E-state index >= 15 is 0 Å². The van der Waals surface area contributed by atoms with Gasteiger partial charge in [-0.1, -0.05) is 39.3 Å². The Labute approximate surface area is 93.9 Å². The number of hydrogen-bond donors (Lipinski definition) is 0. The summed E-state index contributed by atoms with van der Waals surface area (Å²) >= 11 is 0. The first-order valence-electron chi connectivity index (χ1n) is 6.10. The van der Waals surface area contributed by atoms with Crippen molar-refractivity contribution in [1.29, 1.82) is 0 Å². The minimum absolute atomic E-state index is 0.323.